The van der Waals surface area contributed by atoms with E-state index in [9.17, 15) is 9.59 Å². The van der Waals surface area contributed by atoms with Crippen molar-refractivity contribution in [2.45, 2.75) is 6.92 Å². The lowest BCUT2D eigenvalue weighted by Crippen LogP contribution is -2.27. The monoisotopic (exact) mass is 473 g/mol. The molecule has 3 aromatic rings. The van der Waals surface area contributed by atoms with Crippen molar-refractivity contribution in [3.05, 3.63) is 80.9 Å². The maximum Gasteiger partial charge on any atom is 0.270 e. The summed E-state index contributed by atoms with van der Waals surface area (Å²) in [6, 6.07) is 15.6. The Labute approximate surface area is 192 Å². The molecule has 0 saturated carbocycles. The van der Waals surface area contributed by atoms with Crippen LogP contribution in [-0.4, -0.2) is 16.0 Å². The van der Waals surface area contributed by atoms with Gasteiger partial charge in [0.1, 0.15) is 11.5 Å². The third-order valence-corrected chi connectivity index (χ3v) is 6.45. The lowest BCUT2D eigenvalue weighted by molar-refractivity contribution is -0.113. The quantitative estimate of drug-likeness (QED) is 0.235. The number of carbonyl (C=O) groups excluding carboxylic acids is 2. The van der Waals surface area contributed by atoms with E-state index in [0.29, 0.717) is 42.0 Å². The summed E-state index contributed by atoms with van der Waals surface area (Å²) in [7, 11) is 0. The molecule has 1 saturated heterocycles. The van der Waals surface area contributed by atoms with Gasteiger partial charge in [-0.15, -0.1) is 0 Å². The number of rotatable bonds is 4. The average molecular weight is 474 g/mol. The Bertz CT molecular complexity index is 1230. The van der Waals surface area contributed by atoms with Crippen molar-refractivity contribution < 1.29 is 14.0 Å². The number of furan rings is 1. The van der Waals surface area contributed by atoms with Crippen molar-refractivity contribution in [1.82, 2.24) is 0 Å². The molecule has 2 heterocycles. The summed E-state index contributed by atoms with van der Waals surface area (Å²) in [4.78, 5) is 26.5. The summed E-state index contributed by atoms with van der Waals surface area (Å²) in [5.74, 6) is 0.764. The van der Waals surface area contributed by atoms with E-state index in [1.54, 1.807) is 60.7 Å². The standard InChI is InChI=1S/C22H13Cl2NO3S2/c1-12(26)13-3-2-4-15(9-13)25-21(27)20(30-22(25)29)11-16-6-8-19(28-16)14-5-7-17(23)18(24)10-14/h2-11H,1H3/b20-11+. The van der Waals surface area contributed by atoms with Crippen LogP contribution in [0.15, 0.2) is 63.9 Å². The number of benzene rings is 2. The molecule has 1 amide bonds. The molecule has 0 aliphatic carbocycles. The van der Waals surface area contributed by atoms with Gasteiger partial charge < -0.3 is 4.42 Å². The van der Waals surface area contributed by atoms with Gasteiger partial charge >= 0.3 is 0 Å². The number of thiocarbonyl (C=S) groups is 1. The number of hydrogen-bond donors (Lipinski definition) is 0. The number of nitrogens with zero attached hydrogens (tertiary/aromatic N) is 1. The molecule has 4 rings (SSSR count). The van der Waals surface area contributed by atoms with E-state index in [0.717, 1.165) is 5.56 Å². The van der Waals surface area contributed by atoms with E-state index in [4.69, 9.17) is 39.8 Å². The van der Waals surface area contributed by atoms with Crippen LogP contribution in [0.1, 0.15) is 23.0 Å². The van der Waals surface area contributed by atoms with Crippen molar-refractivity contribution in [2.24, 2.45) is 0 Å². The lowest BCUT2D eigenvalue weighted by Gasteiger charge is -2.15. The van der Waals surface area contributed by atoms with Gasteiger partial charge in [-0.25, -0.2) is 0 Å². The Hall–Kier alpha value is -2.38. The first-order chi connectivity index (χ1) is 14.3. The van der Waals surface area contributed by atoms with Crippen molar-refractivity contribution in [3.63, 3.8) is 0 Å². The summed E-state index contributed by atoms with van der Waals surface area (Å²) in [6.07, 6.45) is 1.65. The molecule has 1 aliphatic rings. The highest BCUT2D eigenvalue weighted by Gasteiger charge is 2.33. The topological polar surface area (TPSA) is 50.5 Å². The zero-order chi connectivity index (χ0) is 21.4. The third-order valence-electron chi connectivity index (χ3n) is 4.41. The van der Waals surface area contributed by atoms with Crippen molar-refractivity contribution in [2.75, 3.05) is 4.90 Å². The summed E-state index contributed by atoms with van der Waals surface area (Å²) >= 11 is 18.6. The molecule has 1 aliphatic heterocycles. The number of Topliss-reactive ketones (excluding diaryl/α,β-unsaturated/α-hetero) is 1. The Morgan fingerprint density at radius 3 is 2.63 bits per heavy atom. The van der Waals surface area contributed by atoms with E-state index >= 15 is 0 Å². The van der Waals surface area contributed by atoms with Crippen molar-refractivity contribution >= 4 is 75.0 Å². The van der Waals surface area contributed by atoms with Gasteiger partial charge in [-0.05, 0) is 49.4 Å². The number of amides is 1. The average Bonchev–Trinajstić information content (AvgIpc) is 3.29. The fourth-order valence-electron chi connectivity index (χ4n) is 2.92. The van der Waals surface area contributed by atoms with E-state index in [1.165, 1.54) is 23.6 Å². The number of halogens is 2. The molecule has 2 aromatic carbocycles. The Balaban J connectivity index is 1.61. The Kier molecular flexibility index (Phi) is 5.84. The Morgan fingerprint density at radius 1 is 1.10 bits per heavy atom. The van der Waals surface area contributed by atoms with Crippen LogP contribution in [-0.2, 0) is 4.79 Å². The Morgan fingerprint density at radius 2 is 1.90 bits per heavy atom. The van der Waals surface area contributed by atoms with E-state index in [-0.39, 0.29) is 11.7 Å². The first-order valence-electron chi connectivity index (χ1n) is 8.78. The number of carbonyl (C=O) groups is 2. The van der Waals surface area contributed by atoms with Gasteiger partial charge in [-0.2, -0.15) is 0 Å². The highest BCUT2D eigenvalue weighted by Crippen LogP contribution is 2.37. The van der Waals surface area contributed by atoms with E-state index < -0.39 is 0 Å². The summed E-state index contributed by atoms with van der Waals surface area (Å²) in [6.45, 7) is 1.48. The molecule has 8 heteroatoms. The molecule has 0 unspecified atom stereocenters. The second-order valence-electron chi connectivity index (χ2n) is 6.45. The van der Waals surface area contributed by atoms with Crippen LogP contribution in [0, 0.1) is 0 Å². The summed E-state index contributed by atoms with van der Waals surface area (Å²) in [5, 5.41) is 0.894. The van der Waals surface area contributed by atoms with Crippen LogP contribution in [0.2, 0.25) is 10.0 Å². The molecule has 0 bridgehead atoms. The number of anilines is 1. The van der Waals surface area contributed by atoms with Crippen LogP contribution in [0.4, 0.5) is 5.69 Å². The van der Waals surface area contributed by atoms with Crippen LogP contribution in [0.5, 0.6) is 0 Å². The van der Waals surface area contributed by atoms with Gasteiger partial charge in [-0.3, -0.25) is 14.5 Å². The SMILES string of the molecule is CC(=O)c1cccc(N2C(=O)/C(=C\c3ccc(-c4ccc(Cl)c(Cl)c4)o3)SC2=S)c1. The highest BCUT2D eigenvalue weighted by atomic mass is 35.5. The van der Waals surface area contributed by atoms with Crippen LogP contribution in [0.3, 0.4) is 0 Å². The smallest absolute Gasteiger partial charge is 0.270 e. The molecular weight excluding hydrogens is 461 g/mol. The van der Waals surface area contributed by atoms with Gasteiger partial charge in [0.15, 0.2) is 10.1 Å². The van der Waals surface area contributed by atoms with E-state index in [2.05, 4.69) is 0 Å². The first-order valence-corrected chi connectivity index (χ1v) is 10.8. The lowest BCUT2D eigenvalue weighted by atomic mass is 10.1. The van der Waals surface area contributed by atoms with Crippen molar-refractivity contribution in [3.8, 4) is 11.3 Å². The van der Waals surface area contributed by atoms with Gasteiger partial charge in [0.2, 0.25) is 0 Å². The zero-order valence-corrected chi connectivity index (χ0v) is 18.7. The number of ketones is 1. The van der Waals surface area contributed by atoms with Gasteiger partial charge in [0.05, 0.1) is 20.6 Å². The molecule has 30 heavy (non-hydrogen) atoms. The molecule has 1 fully saturated rings. The third kappa shape index (κ3) is 4.09. The minimum atomic E-state index is -0.266. The van der Waals surface area contributed by atoms with E-state index in [1.807, 2.05) is 0 Å². The maximum atomic E-state index is 13.0. The van der Waals surface area contributed by atoms with Crippen LogP contribution >= 0.6 is 47.2 Å². The van der Waals surface area contributed by atoms with Crippen LogP contribution < -0.4 is 4.90 Å². The minimum Gasteiger partial charge on any atom is -0.457 e. The molecule has 0 atom stereocenters. The molecule has 4 nitrogen and oxygen atoms in total. The largest absolute Gasteiger partial charge is 0.457 e. The molecule has 150 valence electrons. The van der Waals surface area contributed by atoms with Gasteiger partial charge in [-0.1, -0.05) is 59.3 Å². The predicted octanol–water partition coefficient (Wildman–Crippen LogP) is 6.86. The highest BCUT2D eigenvalue weighted by molar-refractivity contribution is 8.27. The second-order valence-corrected chi connectivity index (χ2v) is 8.94. The minimum absolute atomic E-state index is 0.0803. The molecular formula is C22H13Cl2NO3S2. The molecule has 1 aromatic heterocycles. The fourth-order valence-corrected chi connectivity index (χ4v) is 4.50. The maximum absolute atomic E-state index is 13.0. The molecule has 0 radical (unpaired) electrons. The van der Waals surface area contributed by atoms with Gasteiger partial charge in [0.25, 0.3) is 5.91 Å². The second kappa shape index (κ2) is 8.40. The molecule has 0 N–H and O–H groups in total. The van der Waals surface area contributed by atoms with Crippen LogP contribution in [0.25, 0.3) is 17.4 Å². The molecule has 0 spiro atoms. The van der Waals surface area contributed by atoms with Crippen molar-refractivity contribution in [1.29, 1.82) is 0 Å². The predicted molar refractivity (Wildman–Crippen MR) is 126 cm³/mol. The number of thioether (sulfide) groups is 1. The number of hydrogen-bond acceptors (Lipinski definition) is 5. The summed E-state index contributed by atoms with van der Waals surface area (Å²) < 4.78 is 6.24. The summed E-state index contributed by atoms with van der Waals surface area (Å²) in [5.41, 5.74) is 1.85. The zero-order valence-electron chi connectivity index (χ0n) is 15.5. The first kappa shape index (κ1) is 20.9. The van der Waals surface area contributed by atoms with Gasteiger partial charge in [0, 0.05) is 17.2 Å². The normalized spacial score (nSPS) is 15.3. The fraction of sp³-hybridized carbons (Fsp3) is 0.0455.